The molecule has 9 nitrogen and oxygen atoms in total. The number of nitrogens with one attached hydrogen (secondary N) is 3. The molecule has 0 spiro atoms. The van der Waals surface area contributed by atoms with Gasteiger partial charge in [-0.1, -0.05) is 42.5 Å². The summed E-state index contributed by atoms with van der Waals surface area (Å²) < 4.78 is 5.07. The molecular formula is C24H33N3O6. The minimum atomic E-state index is -0.833. The van der Waals surface area contributed by atoms with E-state index in [0.717, 1.165) is 23.3 Å². The van der Waals surface area contributed by atoms with Crippen molar-refractivity contribution in [1.82, 2.24) is 16.0 Å². The van der Waals surface area contributed by atoms with Crippen molar-refractivity contribution in [3.8, 4) is 0 Å². The normalized spacial score (nSPS) is 11.4. The summed E-state index contributed by atoms with van der Waals surface area (Å²) in [6, 6.07) is 13.6. The van der Waals surface area contributed by atoms with Crippen LogP contribution in [0.15, 0.2) is 42.5 Å². The lowest BCUT2D eigenvalue weighted by molar-refractivity contribution is -0.134. The highest BCUT2D eigenvalue weighted by molar-refractivity contribution is 5.86. The molecule has 0 aromatic heterocycles. The molecule has 1 atom stereocenters. The van der Waals surface area contributed by atoms with Crippen LogP contribution in [-0.4, -0.2) is 47.2 Å². The number of carboxylic acid groups (broad SMARTS) is 1. The van der Waals surface area contributed by atoms with Gasteiger partial charge in [0.2, 0.25) is 11.8 Å². The van der Waals surface area contributed by atoms with Crippen LogP contribution >= 0.6 is 0 Å². The van der Waals surface area contributed by atoms with Gasteiger partial charge < -0.3 is 25.8 Å². The maximum absolute atomic E-state index is 12.2. The van der Waals surface area contributed by atoms with Crippen LogP contribution in [0.1, 0.15) is 46.6 Å². The SMILES string of the molecule is CC(=O)O.CC(CC(=O)NCc1cccc2ccccc12)NC(=O)CNC(=O)OC(C)(C)C. The van der Waals surface area contributed by atoms with E-state index in [4.69, 9.17) is 14.6 Å². The van der Waals surface area contributed by atoms with Gasteiger partial charge in [0.1, 0.15) is 12.1 Å². The smallest absolute Gasteiger partial charge is 0.408 e. The topological polar surface area (TPSA) is 134 Å². The Morgan fingerprint density at radius 3 is 2.21 bits per heavy atom. The summed E-state index contributed by atoms with van der Waals surface area (Å²) in [6.07, 6.45) is -0.517. The zero-order valence-corrected chi connectivity index (χ0v) is 19.7. The summed E-state index contributed by atoms with van der Waals surface area (Å²) in [5, 5.41) is 17.6. The van der Waals surface area contributed by atoms with Gasteiger partial charge in [-0.2, -0.15) is 0 Å². The summed E-state index contributed by atoms with van der Waals surface area (Å²) >= 11 is 0. The Hall–Kier alpha value is -3.62. The number of hydrogen-bond acceptors (Lipinski definition) is 5. The van der Waals surface area contributed by atoms with Gasteiger partial charge in [-0.05, 0) is 44.0 Å². The number of benzene rings is 2. The minimum Gasteiger partial charge on any atom is -0.481 e. The zero-order chi connectivity index (χ0) is 25.0. The van der Waals surface area contributed by atoms with Crippen LogP contribution in [0.25, 0.3) is 10.8 Å². The molecule has 0 heterocycles. The molecule has 0 saturated carbocycles. The van der Waals surface area contributed by atoms with Crippen molar-refractivity contribution < 1.29 is 29.0 Å². The molecule has 1 unspecified atom stereocenters. The number of amides is 3. The summed E-state index contributed by atoms with van der Waals surface area (Å²) in [5.74, 6) is -1.38. The Balaban J connectivity index is 0.00000125. The molecule has 2 aromatic carbocycles. The lowest BCUT2D eigenvalue weighted by atomic mass is 10.0. The van der Waals surface area contributed by atoms with E-state index in [-0.39, 0.29) is 30.8 Å². The number of aliphatic carboxylic acids is 1. The van der Waals surface area contributed by atoms with E-state index in [1.807, 2.05) is 42.5 Å². The summed E-state index contributed by atoms with van der Waals surface area (Å²) in [7, 11) is 0. The van der Waals surface area contributed by atoms with Crippen LogP contribution in [0.3, 0.4) is 0 Å². The van der Waals surface area contributed by atoms with E-state index < -0.39 is 17.7 Å². The lowest BCUT2D eigenvalue weighted by Crippen LogP contribution is -2.43. The first kappa shape index (κ1) is 27.4. The van der Waals surface area contributed by atoms with Gasteiger partial charge in [-0.25, -0.2) is 4.79 Å². The average Bonchev–Trinajstić information content (AvgIpc) is 2.69. The van der Waals surface area contributed by atoms with Crippen molar-refractivity contribution in [2.75, 3.05) is 6.54 Å². The van der Waals surface area contributed by atoms with Crippen LogP contribution in [0, 0.1) is 0 Å². The molecule has 0 aliphatic carbocycles. The van der Waals surface area contributed by atoms with Gasteiger partial charge >= 0.3 is 6.09 Å². The molecule has 4 N–H and O–H groups in total. The number of carbonyl (C=O) groups is 4. The second kappa shape index (κ2) is 13.0. The standard InChI is InChI=1S/C22H29N3O4.C2H4O2/c1-15(25-20(27)14-24-21(28)29-22(2,3)4)12-19(26)23-13-17-10-7-9-16-8-5-6-11-18(16)17;1-2(3)4/h5-11,15H,12-14H2,1-4H3,(H,23,26)(H,24,28)(H,25,27);1H3,(H,3,4). The lowest BCUT2D eigenvalue weighted by Gasteiger charge is -2.20. The highest BCUT2D eigenvalue weighted by Crippen LogP contribution is 2.18. The fourth-order valence-corrected chi connectivity index (χ4v) is 2.83. The molecule has 0 aliphatic heterocycles. The number of fused-ring (bicyclic) bond motifs is 1. The summed E-state index contributed by atoms with van der Waals surface area (Å²) in [4.78, 5) is 44.7. The predicted molar refractivity (Wildman–Crippen MR) is 126 cm³/mol. The van der Waals surface area contributed by atoms with Gasteiger partial charge in [-0.15, -0.1) is 0 Å². The average molecular weight is 460 g/mol. The number of alkyl carbamates (subject to hydrolysis) is 1. The zero-order valence-electron chi connectivity index (χ0n) is 19.7. The first-order valence-electron chi connectivity index (χ1n) is 10.6. The molecule has 2 rings (SSSR count). The third-order valence-electron chi connectivity index (χ3n) is 4.05. The molecule has 0 fully saturated rings. The third-order valence-corrected chi connectivity index (χ3v) is 4.05. The van der Waals surface area contributed by atoms with E-state index in [1.165, 1.54) is 0 Å². The summed E-state index contributed by atoms with van der Waals surface area (Å²) in [5.41, 5.74) is 0.408. The number of ether oxygens (including phenoxy) is 1. The molecule has 0 bridgehead atoms. The van der Waals surface area contributed by atoms with Gasteiger partial charge in [0.15, 0.2) is 0 Å². The maximum Gasteiger partial charge on any atom is 0.408 e. The Kier molecular flexibility index (Phi) is 10.8. The van der Waals surface area contributed by atoms with E-state index in [1.54, 1.807) is 27.7 Å². The Morgan fingerprint density at radius 2 is 1.58 bits per heavy atom. The monoisotopic (exact) mass is 459 g/mol. The fourth-order valence-electron chi connectivity index (χ4n) is 2.83. The summed E-state index contributed by atoms with van der Waals surface area (Å²) in [6.45, 7) is 8.25. The second-order valence-corrected chi connectivity index (χ2v) is 8.46. The highest BCUT2D eigenvalue weighted by Gasteiger charge is 2.17. The Bertz CT molecular complexity index is 959. The van der Waals surface area contributed by atoms with Crippen LogP contribution < -0.4 is 16.0 Å². The van der Waals surface area contributed by atoms with E-state index in [9.17, 15) is 14.4 Å². The van der Waals surface area contributed by atoms with Crippen molar-refractivity contribution in [2.45, 2.75) is 59.2 Å². The molecule has 0 radical (unpaired) electrons. The second-order valence-electron chi connectivity index (χ2n) is 8.46. The fraction of sp³-hybridized carbons (Fsp3) is 0.417. The molecule has 9 heteroatoms. The predicted octanol–water partition coefficient (Wildman–Crippen LogP) is 2.97. The quantitative estimate of drug-likeness (QED) is 0.503. The molecule has 180 valence electrons. The number of carboxylic acids is 1. The Morgan fingerprint density at radius 1 is 0.970 bits per heavy atom. The van der Waals surface area contributed by atoms with Crippen LogP contribution in [-0.2, 0) is 25.7 Å². The molecular weight excluding hydrogens is 426 g/mol. The minimum absolute atomic E-state index is 0.142. The van der Waals surface area contributed by atoms with E-state index >= 15 is 0 Å². The number of rotatable bonds is 7. The van der Waals surface area contributed by atoms with Crippen LogP contribution in [0.2, 0.25) is 0 Å². The molecule has 2 aromatic rings. The van der Waals surface area contributed by atoms with Gasteiger partial charge in [0, 0.05) is 25.9 Å². The first-order valence-corrected chi connectivity index (χ1v) is 10.6. The van der Waals surface area contributed by atoms with Crippen molar-refractivity contribution in [3.05, 3.63) is 48.0 Å². The van der Waals surface area contributed by atoms with Crippen LogP contribution in [0.5, 0.6) is 0 Å². The van der Waals surface area contributed by atoms with Crippen molar-refractivity contribution in [1.29, 1.82) is 0 Å². The van der Waals surface area contributed by atoms with Crippen LogP contribution in [0.4, 0.5) is 4.79 Å². The van der Waals surface area contributed by atoms with Crippen molar-refractivity contribution in [2.24, 2.45) is 0 Å². The third kappa shape index (κ3) is 12.1. The van der Waals surface area contributed by atoms with E-state index in [2.05, 4.69) is 16.0 Å². The van der Waals surface area contributed by atoms with Crippen molar-refractivity contribution >= 4 is 34.6 Å². The first-order chi connectivity index (χ1) is 15.4. The van der Waals surface area contributed by atoms with Gasteiger partial charge in [-0.3, -0.25) is 14.4 Å². The Labute approximate surface area is 193 Å². The highest BCUT2D eigenvalue weighted by atomic mass is 16.6. The van der Waals surface area contributed by atoms with E-state index in [0.29, 0.717) is 6.54 Å². The molecule has 0 aliphatic rings. The molecule has 0 saturated heterocycles. The maximum atomic E-state index is 12.2. The molecule has 33 heavy (non-hydrogen) atoms. The largest absolute Gasteiger partial charge is 0.481 e. The molecule has 3 amide bonds. The number of hydrogen-bond donors (Lipinski definition) is 4. The number of carbonyl (C=O) groups excluding carboxylic acids is 3. The van der Waals surface area contributed by atoms with Crippen molar-refractivity contribution in [3.63, 3.8) is 0 Å². The van der Waals surface area contributed by atoms with Gasteiger partial charge in [0.25, 0.3) is 5.97 Å². The van der Waals surface area contributed by atoms with Gasteiger partial charge in [0.05, 0.1) is 0 Å².